The number of carboxylic acid groups (broad SMARTS) is 1. The molecule has 0 aliphatic rings. The van der Waals surface area contributed by atoms with E-state index in [9.17, 15) is 38.7 Å². The Bertz CT molecular complexity index is 1470. The van der Waals surface area contributed by atoms with Crippen LogP contribution in [0.25, 0.3) is 0 Å². The number of carbonyl (C=O) groups is 7. The molecular weight excluding hydrogens is 797 g/mol. The second-order valence-electron chi connectivity index (χ2n) is 15.9. The Labute approximate surface area is 359 Å². The maximum atomic E-state index is 14.0. The highest BCUT2D eigenvalue weighted by Gasteiger charge is 2.34. The summed E-state index contributed by atoms with van der Waals surface area (Å²) < 4.78 is 0. The summed E-state index contributed by atoms with van der Waals surface area (Å²) in [7, 11) is 0. The fraction of sp³-hybridized carbons (Fsp3) is 0.744. The third-order valence-electron chi connectivity index (χ3n) is 9.56. The van der Waals surface area contributed by atoms with E-state index in [4.69, 9.17) is 22.9 Å². The van der Waals surface area contributed by atoms with Crippen molar-refractivity contribution in [1.29, 1.82) is 0 Å². The quantitative estimate of drug-likeness (QED) is 0.0296. The van der Waals surface area contributed by atoms with Crippen LogP contribution in [0.15, 0.2) is 12.5 Å². The Balaban J connectivity index is 3.34. The molecule has 0 fully saturated rings. The van der Waals surface area contributed by atoms with Gasteiger partial charge in [0.05, 0.1) is 12.4 Å². The van der Waals surface area contributed by atoms with Gasteiger partial charge in [0, 0.05) is 24.1 Å². The van der Waals surface area contributed by atoms with E-state index in [-0.39, 0.29) is 49.7 Å². The highest BCUT2D eigenvalue weighted by molar-refractivity contribution is 7.80. The average molecular weight is 869 g/mol. The Hall–Kier alpha value is -4.31. The average Bonchev–Trinajstić information content (AvgIpc) is 3.71. The number of aromatic amines is 1. The lowest BCUT2D eigenvalue weighted by atomic mass is 9.99. The van der Waals surface area contributed by atoms with E-state index >= 15 is 0 Å². The molecule has 0 saturated heterocycles. The number of aromatic nitrogens is 2. The molecule has 0 spiro atoms. The van der Waals surface area contributed by atoms with E-state index in [1.165, 1.54) is 12.5 Å². The Morgan fingerprint density at radius 2 is 0.983 bits per heavy atom. The predicted octanol–water partition coefficient (Wildman–Crippen LogP) is -1.32. The number of H-pyrrole nitrogens is 1. The number of carboxylic acids is 1. The number of nitrogens with one attached hydrogen (secondary N) is 7. The van der Waals surface area contributed by atoms with Crippen LogP contribution in [0.5, 0.6) is 0 Å². The number of nitrogens with zero attached hydrogens (tertiary/aromatic N) is 1. The number of unbranched alkanes of at least 4 members (excludes halogenated alkanes) is 3. The number of thiol groups is 1. The summed E-state index contributed by atoms with van der Waals surface area (Å²) in [5, 5.41) is 25.6. The molecule has 0 saturated carbocycles. The number of rotatable bonds is 32. The molecule has 1 aromatic heterocycles. The van der Waals surface area contributed by atoms with Gasteiger partial charge in [0.15, 0.2) is 0 Å². The zero-order valence-electron chi connectivity index (χ0n) is 35.7. The van der Waals surface area contributed by atoms with Crippen LogP contribution in [0.3, 0.4) is 0 Å². The first kappa shape index (κ1) is 53.7. The molecule has 0 aromatic carbocycles. The number of imidazole rings is 1. The molecule has 342 valence electrons. The van der Waals surface area contributed by atoms with Crippen LogP contribution < -0.4 is 54.8 Å². The molecule has 7 atom stereocenters. The number of nitrogens with two attached hydrogens (primary N) is 4. The molecule has 0 aliphatic heterocycles. The maximum Gasteiger partial charge on any atom is 0.327 e. The van der Waals surface area contributed by atoms with E-state index in [0.29, 0.717) is 70.3 Å². The zero-order valence-corrected chi connectivity index (χ0v) is 36.6. The third kappa shape index (κ3) is 21.3. The van der Waals surface area contributed by atoms with Crippen molar-refractivity contribution in [2.75, 3.05) is 25.4 Å². The van der Waals surface area contributed by atoms with Crippen molar-refractivity contribution in [3.8, 4) is 0 Å². The minimum Gasteiger partial charge on any atom is -0.480 e. The monoisotopic (exact) mass is 869 g/mol. The van der Waals surface area contributed by atoms with Crippen molar-refractivity contribution in [2.24, 2.45) is 34.8 Å². The van der Waals surface area contributed by atoms with E-state index < -0.39 is 83.7 Å². The second-order valence-corrected chi connectivity index (χ2v) is 16.3. The lowest BCUT2D eigenvalue weighted by molar-refractivity contribution is -0.141. The van der Waals surface area contributed by atoms with Gasteiger partial charge in [-0.05, 0) is 95.7 Å². The fourth-order valence-electron chi connectivity index (χ4n) is 6.22. The van der Waals surface area contributed by atoms with Gasteiger partial charge in [-0.1, -0.05) is 34.1 Å². The van der Waals surface area contributed by atoms with Crippen LogP contribution in [0, 0.1) is 11.8 Å². The van der Waals surface area contributed by atoms with E-state index in [2.05, 4.69) is 54.5 Å². The van der Waals surface area contributed by atoms with Gasteiger partial charge in [0.2, 0.25) is 35.4 Å². The van der Waals surface area contributed by atoms with Crippen molar-refractivity contribution in [3.63, 3.8) is 0 Å². The van der Waals surface area contributed by atoms with Crippen LogP contribution in [0.1, 0.15) is 104 Å². The molecule has 1 heterocycles. The Morgan fingerprint density at radius 3 is 1.38 bits per heavy atom. The predicted molar refractivity (Wildman–Crippen MR) is 231 cm³/mol. The molecule has 0 aliphatic carbocycles. The van der Waals surface area contributed by atoms with E-state index in [0.717, 1.165) is 0 Å². The SMILES string of the molecule is CC(C)C[C@H](NC(=O)[C@H](CC(C)C)NC(=O)[C@H](CCCCN)NC(=O)[C@H](CCCCN)NC(=O)[C@@H](N)CCCCN)C(=O)N[C@@H](Cc1cnc[nH]1)C(=O)N[C@@H](CS)C(=O)O. The first-order valence-electron chi connectivity index (χ1n) is 21.0. The van der Waals surface area contributed by atoms with Crippen LogP contribution in [0.2, 0.25) is 0 Å². The van der Waals surface area contributed by atoms with E-state index in [1.54, 1.807) is 0 Å². The van der Waals surface area contributed by atoms with Gasteiger partial charge >= 0.3 is 5.97 Å². The van der Waals surface area contributed by atoms with Gasteiger partial charge in [0.1, 0.15) is 36.3 Å². The third-order valence-corrected chi connectivity index (χ3v) is 9.92. The van der Waals surface area contributed by atoms with Crippen molar-refractivity contribution in [3.05, 3.63) is 18.2 Å². The topological polar surface area (TPSA) is 345 Å². The van der Waals surface area contributed by atoms with Crippen molar-refractivity contribution < 1.29 is 38.7 Å². The summed E-state index contributed by atoms with van der Waals surface area (Å²) in [5.74, 6) is -5.64. The summed E-state index contributed by atoms with van der Waals surface area (Å²) >= 11 is 4.01. The molecule has 6 amide bonds. The number of hydrogen-bond donors (Lipinski definition) is 13. The van der Waals surface area contributed by atoms with Gasteiger partial charge in [-0.3, -0.25) is 28.8 Å². The van der Waals surface area contributed by atoms with Crippen LogP contribution >= 0.6 is 12.6 Å². The van der Waals surface area contributed by atoms with Crippen LogP contribution in [0.4, 0.5) is 0 Å². The molecule has 0 bridgehead atoms. The number of carbonyl (C=O) groups excluding carboxylic acids is 6. The first-order chi connectivity index (χ1) is 28.5. The standard InChI is InChI=1S/C39H72N12O8S/c1-23(2)17-29(36(55)49-30(18-24(3)4)37(56)50-31(19-25-20-44-22-45-25)38(57)51-32(21-60)39(58)59)48-35(54)28(13-7-10-16-42)47-34(53)27(12-6-9-15-41)46-33(52)26(43)11-5-8-14-40/h20,22-24,26-32,60H,5-19,21,40-43H2,1-4H3,(H,44,45)(H,46,52)(H,47,53)(H,48,54)(H,49,55)(H,50,56)(H,51,57)(H,58,59)/t26-,27-,28-,29-,30-,31-,32-/m0/s1. The Kier molecular flexibility index (Phi) is 26.7. The highest BCUT2D eigenvalue weighted by atomic mass is 32.1. The normalized spacial score (nSPS) is 14.8. The van der Waals surface area contributed by atoms with Gasteiger partial charge in [0.25, 0.3) is 0 Å². The maximum absolute atomic E-state index is 14.0. The van der Waals surface area contributed by atoms with Gasteiger partial charge in [-0.25, -0.2) is 9.78 Å². The molecule has 16 N–H and O–H groups in total. The van der Waals surface area contributed by atoms with Crippen molar-refractivity contribution >= 4 is 54.0 Å². The summed E-state index contributed by atoms with van der Waals surface area (Å²) in [6.07, 6.45) is 7.40. The summed E-state index contributed by atoms with van der Waals surface area (Å²) in [6.45, 7) is 8.59. The highest BCUT2D eigenvalue weighted by Crippen LogP contribution is 2.12. The zero-order chi connectivity index (χ0) is 45.2. The van der Waals surface area contributed by atoms with Crippen molar-refractivity contribution in [1.82, 2.24) is 41.9 Å². The lowest BCUT2D eigenvalue weighted by Crippen LogP contribution is -2.60. The first-order valence-corrected chi connectivity index (χ1v) is 21.6. The van der Waals surface area contributed by atoms with E-state index in [1.807, 2.05) is 27.7 Å². The van der Waals surface area contributed by atoms with Crippen LogP contribution in [-0.4, -0.2) is 124 Å². The van der Waals surface area contributed by atoms with Crippen LogP contribution in [-0.2, 0) is 40.0 Å². The molecule has 21 heteroatoms. The largest absolute Gasteiger partial charge is 0.480 e. The summed E-state index contributed by atoms with van der Waals surface area (Å²) in [5.41, 5.74) is 23.6. The number of amides is 6. The van der Waals surface area contributed by atoms with Crippen molar-refractivity contribution in [2.45, 2.75) is 147 Å². The minimum absolute atomic E-state index is 0.0682. The molecule has 0 radical (unpaired) electrons. The molecule has 60 heavy (non-hydrogen) atoms. The fourth-order valence-corrected chi connectivity index (χ4v) is 6.47. The van der Waals surface area contributed by atoms with Gasteiger partial charge in [-0.15, -0.1) is 0 Å². The number of aliphatic carboxylic acids is 1. The molecule has 1 aromatic rings. The Morgan fingerprint density at radius 1 is 0.600 bits per heavy atom. The second kappa shape index (κ2) is 29.8. The van der Waals surface area contributed by atoms with Gasteiger partial charge in [-0.2, -0.15) is 12.6 Å². The molecular formula is C39H72N12O8S. The molecule has 1 rings (SSSR count). The minimum atomic E-state index is -1.33. The summed E-state index contributed by atoms with van der Waals surface area (Å²) in [4.78, 5) is 100. The molecule has 0 unspecified atom stereocenters. The molecule has 20 nitrogen and oxygen atoms in total. The lowest BCUT2D eigenvalue weighted by Gasteiger charge is -2.28. The number of hydrogen-bond acceptors (Lipinski definition) is 13. The summed E-state index contributed by atoms with van der Waals surface area (Å²) in [6, 6.07) is -7.87. The smallest absolute Gasteiger partial charge is 0.327 e. The van der Waals surface area contributed by atoms with Gasteiger partial charge < -0.3 is 64.9 Å².